The molecular formula is C20H28BrP. The zero-order valence-electron chi connectivity index (χ0n) is 14.6. The maximum absolute atomic E-state index is 2.39. The van der Waals surface area contributed by atoms with Crippen LogP contribution in [0.5, 0.6) is 0 Å². The molecule has 0 aromatic heterocycles. The van der Waals surface area contributed by atoms with Crippen LogP contribution in [-0.4, -0.2) is 6.16 Å². The number of hydrogen-bond donors (Lipinski definition) is 0. The first kappa shape index (κ1) is 19.4. The average Bonchev–Trinajstić information content (AvgIpc) is 2.33. The van der Waals surface area contributed by atoms with Gasteiger partial charge < -0.3 is 0 Å². The predicted octanol–water partition coefficient (Wildman–Crippen LogP) is 5.59. The summed E-state index contributed by atoms with van der Waals surface area (Å²) in [6, 6.07) is 14.1. The normalized spacial score (nSPS) is 10.9. The molecule has 2 aromatic carbocycles. The SMILES string of the molecule is Br.Cc1cc(C)cc(P(CC(C)C)c2cc(C)cc(C)c2)c1. The molecule has 0 bridgehead atoms. The molecule has 0 saturated heterocycles. The first-order chi connectivity index (χ1) is 9.85. The molecule has 2 heteroatoms. The molecule has 0 radical (unpaired) electrons. The monoisotopic (exact) mass is 378 g/mol. The van der Waals surface area contributed by atoms with E-state index in [2.05, 4.69) is 77.9 Å². The zero-order valence-corrected chi connectivity index (χ0v) is 17.2. The Hall–Kier alpha value is -0.650. The fourth-order valence-electron chi connectivity index (χ4n) is 2.94. The summed E-state index contributed by atoms with van der Waals surface area (Å²) in [6.45, 7) is 13.5. The summed E-state index contributed by atoms with van der Waals surface area (Å²) in [5.41, 5.74) is 5.52. The lowest BCUT2D eigenvalue weighted by Gasteiger charge is -2.22. The van der Waals surface area contributed by atoms with Crippen LogP contribution >= 0.6 is 24.9 Å². The van der Waals surface area contributed by atoms with E-state index >= 15 is 0 Å². The Kier molecular flexibility index (Phi) is 7.29. The second-order valence-corrected chi connectivity index (χ2v) is 8.95. The molecule has 0 amide bonds. The molecule has 0 spiro atoms. The number of benzene rings is 2. The maximum Gasteiger partial charge on any atom is -0.0190 e. The largest absolute Gasteiger partial charge is 0.114 e. The molecule has 0 aliphatic heterocycles. The minimum atomic E-state index is -0.255. The Morgan fingerprint density at radius 3 is 1.27 bits per heavy atom. The summed E-state index contributed by atoms with van der Waals surface area (Å²) in [5.74, 6) is 0.720. The highest BCUT2D eigenvalue weighted by atomic mass is 79.9. The third kappa shape index (κ3) is 5.21. The topological polar surface area (TPSA) is 0 Å². The molecule has 120 valence electrons. The molecule has 0 heterocycles. The third-order valence-electron chi connectivity index (χ3n) is 3.58. The van der Waals surface area contributed by atoms with Gasteiger partial charge in [0.15, 0.2) is 0 Å². The first-order valence-electron chi connectivity index (χ1n) is 7.79. The second kappa shape index (κ2) is 8.27. The fraction of sp³-hybridized carbons (Fsp3) is 0.400. The molecule has 2 aromatic rings. The lowest BCUT2D eigenvalue weighted by molar-refractivity contribution is 0.747. The summed E-state index contributed by atoms with van der Waals surface area (Å²) < 4.78 is 0. The van der Waals surface area contributed by atoms with E-state index in [0.29, 0.717) is 0 Å². The number of rotatable bonds is 4. The molecule has 0 saturated carbocycles. The van der Waals surface area contributed by atoms with Crippen molar-refractivity contribution in [1.29, 1.82) is 0 Å². The van der Waals surface area contributed by atoms with Gasteiger partial charge in [0.25, 0.3) is 0 Å². The van der Waals surface area contributed by atoms with Crippen LogP contribution < -0.4 is 10.6 Å². The molecule has 0 N–H and O–H groups in total. The second-order valence-electron chi connectivity index (χ2n) is 6.70. The van der Waals surface area contributed by atoms with E-state index in [4.69, 9.17) is 0 Å². The highest BCUT2D eigenvalue weighted by Gasteiger charge is 2.16. The lowest BCUT2D eigenvalue weighted by Crippen LogP contribution is -2.18. The van der Waals surface area contributed by atoms with E-state index in [1.807, 2.05) is 0 Å². The van der Waals surface area contributed by atoms with E-state index in [-0.39, 0.29) is 24.9 Å². The van der Waals surface area contributed by atoms with Gasteiger partial charge in [-0.15, -0.1) is 17.0 Å². The zero-order chi connectivity index (χ0) is 15.6. The maximum atomic E-state index is 2.39. The van der Waals surface area contributed by atoms with Crippen molar-refractivity contribution in [3.05, 3.63) is 58.7 Å². The Bertz CT molecular complexity index is 540. The summed E-state index contributed by atoms with van der Waals surface area (Å²) in [5, 5.41) is 3.06. The van der Waals surface area contributed by atoms with Crippen molar-refractivity contribution in [2.75, 3.05) is 6.16 Å². The third-order valence-corrected chi connectivity index (χ3v) is 6.44. The average molecular weight is 379 g/mol. The van der Waals surface area contributed by atoms with E-state index in [0.717, 1.165) is 5.92 Å². The van der Waals surface area contributed by atoms with E-state index < -0.39 is 0 Å². The Labute approximate surface area is 147 Å². The Morgan fingerprint density at radius 1 is 0.682 bits per heavy atom. The Balaban J connectivity index is 0.00000242. The van der Waals surface area contributed by atoms with Crippen molar-refractivity contribution >= 4 is 35.5 Å². The van der Waals surface area contributed by atoms with Gasteiger partial charge >= 0.3 is 0 Å². The van der Waals surface area contributed by atoms with Crippen molar-refractivity contribution < 1.29 is 0 Å². The first-order valence-corrected chi connectivity index (χ1v) is 9.32. The fourth-order valence-corrected chi connectivity index (χ4v) is 5.83. The highest BCUT2D eigenvalue weighted by molar-refractivity contribution is 8.93. The number of aryl methyl sites for hydroxylation is 4. The van der Waals surface area contributed by atoms with Gasteiger partial charge in [-0.1, -0.05) is 72.5 Å². The quantitative estimate of drug-likeness (QED) is 0.608. The van der Waals surface area contributed by atoms with Gasteiger partial charge in [-0.05, 0) is 58.3 Å². The molecule has 0 nitrogen and oxygen atoms in total. The number of halogens is 1. The van der Waals surface area contributed by atoms with Crippen molar-refractivity contribution in [2.45, 2.75) is 41.5 Å². The molecule has 2 rings (SSSR count). The highest BCUT2D eigenvalue weighted by Crippen LogP contribution is 2.37. The van der Waals surface area contributed by atoms with Gasteiger partial charge in [0, 0.05) is 0 Å². The van der Waals surface area contributed by atoms with Crippen molar-refractivity contribution in [3.63, 3.8) is 0 Å². The van der Waals surface area contributed by atoms with Gasteiger partial charge in [0.05, 0.1) is 0 Å². The Morgan fingerprint density at radius 2 is 1.00 bits per heavy atom. The van der Waals surface area contributed by atoms with Crippen molar-refractivity contribution in [3.8, 4) is 0 Å². The molecule has 0 fully saturated rings. The lowest BCUT2D eigenvalue weighted by atomic mass is 10.2. The molecule has 0 aliphatic carbocycles. The summed E-state index contributed by atoms with van der Waals surface area (Å²) in [6.07, 6.45) is 1.26. The molecule has 0 aliphatic rings. The molecule has 22 heavy (non-hydrogen) atoms. The van der Waals surface area contributed by atoms with Crippen molar-refractivity contribution in [1.82, 2.24) is 0 Å². The van der Waals surface area contributed by atoms with Gasteiger partial charge in [0.1, 0.15) is 0 Å². The summed E-state index contributed by atoms with van der Waals surface area (Å²) >= 11 is 0. The van der Waals surface area contributed by atoms with Gasteiger partial charge in [-0.25, -0.2) is 0 Å². The van der Waals surface area contributed by atoms with Crippen LogP contribution in [0.4, 0.5) is 0 Å². The van der Waals surface area contributed by atoms with Gasteiger partial charge in [-0.3, -0.25) is 0 Å². The van der Waals surface area contributed by atoms with Crippen LogP contribution in [-0.2, 0) is 0 Å². The van der Waals surface area contributed by atoms with Crippen LogP contribution in [0.1, 0.15) is 36.1 Å². The van der Waals surface area contributed by atoms with Gasteiger partial charge in [0.2, 0.25) is 0 Å². The van der Waals surface area contributed by atoms with Gasteiger partial charge in [-0.2, -0.15) is 0 Å². The van der Waals surface area contributed by atoms with Crippen LogP contribution in [0.3, 0.4) is 0 Å². The summed E-state index contributed by atoms with van der Waals surface area (Å²) in [4.78, 5) is 0. The predicted molar refractivity (Wildman–Crippen MR) is 108 cm³/mol. The van der Waals surface area contributed by atoms with Crippen LogP contribution in [0.15, 0.2) is 36.4 Å². The molecule has 0 atom stereocenters. The smallest absolute Gasteiger partial charge is 0.0190 e. The van der Waals surface area contributed by atoms with E-state index in [1.165, 1.54) is 39.0 Å². The summed E-state index contributed by atoms with van der Waals surface area (Å²) in [7, 11) is -0.255. The van der Waals surface area contributed by atoms with Crippen LogP contribution in [0.25, 0.3) is 0 Å². The van der Waals surface area contributed by atoms with Crippen LogP contribution in [0.2, 0.25) is 0 Å². The van der Waals surface area contributed by atoms with Crippen LogP contribution in [0, 0.1) is 33.6 Å². The minimum absolute atomic E-state index is 0. The van der Waals surface area contributed by atoms with Crippen molar-refractivity contribution in [2.24, 2.45) is 5.92 Å². The van der Waals surface area contributed by atoms with E-state index in [9.17, 15) is 0 Å². The number of hydrogen-bond acceptors (Lipinski definition) is 0. The molecular weight excluding hydrogens is 351 g/mol. The molecule has 0 unspecified atom stereocenters. The van der Waals surface area contributed by atoms with E-state index in [1.54, 1.807) is 0 Å². The standard InChI is InChI=1S/C20H27P.BrH/c1-14(2)13-21(19-9-15(3)7-16(4)10-19)20-11-17(5)8-18(6)12-20;/h7-12,14H,13H2,1-6H3;1H. The minimum Gasteiger partial charge on any atom is -0.114 e.